The highest BCUT2D eigenvalue weighted by Gasteiger charge is 2.19. The third-order valence-electron chi connectivity index (χ3n) is 5.32. The molecule has 0 spiro atoms. The molecule has 0 aromatic heterocycles. The Labute approximate surface area is 155 Å². The summed E-state index contributed by atoms with van der Waals surface area (Å²) in [7, 11) is 0. The van der Waals surface area contributed by atoms with E-state index in [1.54, 1.807) is 4.90 Å². The van der Waals surface area contributed by atoms with Gasteiger partial charge in [-0.2, -0.15) is 5.10 Å². The number of fused-ring (bicyclic) bond motifs is 1. The first-order chi connectivity index (χ1) is 12.8. The molecule has 0 unspecified atom stereocenters. The van der Waals surface area contributed by atoms with Crippen molar-refractivity contribution in [2.75, 3.05) is 26.2 Å². The number of hydrogen-bond acceptors (Lipinski definition) is 2. The van der Waals surface area contributed by atoms with Gasteiger partial charge >= 0.3 is 0 Å². The summed E-state index contributed by atoms with van der Waals surface area (Å²) in [6.07, 6.45) is 2.00. The molecule has 3 aromatic carbocycles. The molecule has 1 aliphatic rings. The number of nitrogens with one attached hydrogen (secondary N) is 1. The molecule has 3 nitrogen and oxygen atoms in total. The first-order valence-electron chi connectivity index (χ1n) is 9.44. The van der Waals surface area contributed by atoms with Crippen LogP contribution in [0.25, 0.3) is 10.8 Å². The molecule has 3 heteroatoms. The van der Waals surface area contributed by atoms with Crippen molar-refractivity contribution >= 4 is 17.0 Å². The number of aryl methyl sites for hydroxylation is 1. The third kappa shape index (κ3) is 3.78. The van der Waals surface area contributed by atoms with Crippen LogP contribution in [0.5, 0.6) is 0 Å². The Morgan fingerprint density at radius 3 is 2.50 bits per heavy atom. The minimum absolute atomic E-state index is 1.02. The maximum atomic E-state index is 4.70. The van der Waals surface area contributed by atoms with E-state index >= 15 is 0 Å². The Morgan fingerprint density at radius 2 is 1.65 bits per heavy atom. The lowest BCUT2D eigenvalue weighted by Gasteiger charge is -2.30. The molecular formula is C23H26N3+. The van der Waals surface area contributed by atoms with Crippen LogP contribution >= 0.6 is 0 Å². The standard InChI is InChI=1S/C23H25N3/c1-19-7-2-3-9-21(19)17-24-26-15-13-25(14-16-26)18-22-11-6-10-20-8-4-5-12-23(20)22/h2-12,17H,13-16,18H2,1H3/p+1. The second kappa shape index (κ2) is 7.71. The van der Waals surface area contributed by atoms with Crippen molar-refractivity contribution in [1.29, 1.82) is 0 Å². The van der Waals surface area contributed by atoms with Crippen LogP contribution < -0.4 is 4.90 Å². The molecule has 3 aromatic rings. The number of quaternary nitrogens is 1. The molecule has 0 saturated carbocycles. The van der Waals surface area contributed by atoms with Gasteiger partial charge in [-0.3, -0.25) is 5.01 Å². The second-order valence-electron chi connectivity index (χ2n) is 7.12. The van der Waals surface area contributed by atoms with Crippen LogP contribution in [0.4, 0.5) is 0 Å². The average molecular weight is 344 g/mol. The smallest absolute Gasteiger partial charge is 0.104 e. The van der Waals surface area contributed by atoms with Crippen LogP contribution in [-0.2, 0) is 6.54 Å². The molecule has 0 radical (unpaired) electrons. The van der Waals surface area contributed by atoms with Gasteiger partial charge in [0.2, 0.25) is 0 Å². The third-order valence-corrected chi connectivity index (χ3v) is 5.32. The Morgan fingerprint density at radius 1 is 0.923 bits per heavy atom. The lowest BCUT2D eigenvalue weighted by Crippen LogP contribution is -3.13. The molecule has 4 rings (SSSR count). The second-order valence-corrected chi connectivity index (χ2v) is 7.12. The number of nitrogens with zero attached hydrogens (tertiary/aromatic N) is 2. The maximum absolute atomic E-state index is 4.70. The fourth-order valence-electron chi connectivity index (χ4n) is 3.69. The van der Waals surface area contributed by atoms with Gasteiger partial charge in [0.1, 0.15) is 6.54 Å². The quantitative estimate of drug-likeness (QED) is 0.722. The van der Waals surface area contributed by atoms with Crippen molar-refractivity contribution in [3.63, 3.8) is 0 Å². The lowest BCUT2D eigenvalue weighted by molar-refractivity contribution is -0.918. The minimum Gasteiger partial charge on any atom is -0.328 e. The molecule has 0 amide bonds. The normalized spacial score (nSPS) is 15.8. The number of rotatable bonds is 4. The zero-order valence-electron chi connectivity index (χ0n) is 15.4. The predicted octanol–water partition coefficient (Wildman–Crippen LogP) is 2.88. The molecule has 1 heterocycles. The number of piperazine rings is 1. The summed E-state index contributed by atoms with van der Waals surface area (Å²) in [5.41, 5.74) is 3.93. The maximum Gasteiger partial charge on any atom is 0.104 e. The van der Waals surface area contributed by atoms with Gasteiger partial charge in [-0.1, -0.05) is 66.7 Å². The van der Waals surface area contributed by atoms with E-state index < -0.39 is 0 Å². The van der Waals surface area contributed by atoms with E-state index in [1.807, 2.05) is 6.21 Å². The van der Waals surface area contributed by atoms with E-state index in [1.165, 1.54) is 27.5 Å². The number of benzene rings is 3. The molecule has 1 aliphatic heterocycles. The van der Waals surface area contributed by atoms with Gasteiger partial charge in [0, 0.05) is 5.56 Å². The summed E-state index contributed by atoms with van der Waals surface area (Å²) < 4.78 is 0. The fourth-order valence-corrected chi connectivity index (χ4v) is 3.69. The average Bonchev–Trinajstić information content (AvgIpc) is 2.69. The molecule has 1 N–H and O–H groups in total. The van der Waals surface area contributed by atoms with Crippen LogP contribution in [0.2, 0.25) is 0 Å². The zero-order valence-corrected chi connectivity index (χ0v) is 15.4. The van der Waals surface area contributed by atoms with Crippen molar-refractivity contribution in [3.05, 3.63) is 83.4 Å². The molecule has 0 aliphatic carbocycles. The Balaban J connectivity index is 1.37. The van der Waals surface area contributed by atoms with E-state index in [2.05, 4.69) is 78.7 Å². The Kier molecular flexibility index (Phi) is 4.98. The first kappa shape index (κ1) is 16.8. The first-order valence-corrected chi connectivity index (χ1v) is 9.44. The molecule has 132 valence electrons. The van der Waals surface area contributed by atoms with Gasteiger partial charge in [0.25, 0.3) is 0 Å². The largest absolute Gasteiger partial charge is 0.328 e. The van der Waals surface area contributed by atoms with Gasteiger partial charge in [-0.15, -0.1) is 0 Å². The van der Waals surface area contributed by atoms with Crippen molar-refractivity contribution in [2.24, 2.45) is 5.10 Å². The lowest BCUT2D eigenvalue weighted by atomic mass is 10.0. The molecule has 1 saturated heterocycles. The van der Waals surface area contributed by atoms with Crippen molar-refractivity contribution in [3.8, 4) is 0 Å². The van der Waals surface area contributed by atoms with Crippen LogP contribution in [-0.4, -0.2) is 37.4 Å². The van der Waals surface area contributed by atoms with E-state index in [4.69, 9.17) is 5.10 Å². The van der Waals surface area contributed by atoms with Gasteiger partial charge in [-0.05, 0) is 28.8 Å². The van der Waals surface area contributed by atoms with Crippen LogP contribution in [0.1, 0.15) is 16.7 Å². The summed E-state index contributed by atoms with van der Waals surface area (Å²) in [4.78, 5) is 1.64. The SMILES string of the molecule is Cc1ccccc1C=NN1CC[NH+](Cc2cccc3ccccc23)CC1. The number of hydrogen-bond donors (Lipinski definition) is 1. The number of hydrazone groups is 1. The summed E-state index contributed by atoms with van der Waals surface area (Å²) >= 11 is 0. The Bertz CT molecular complexity index is 903. The molecule has 26 heavy (non-hydrogen) atoms. The summed E-state index contributed by atoms with van der Waals surface area (Å²) in [6.45, 7) is 7.53. The zero-order chi connectivity index (χ0) is 17.8. The Hall–Kier alpha value is -2.65. The summed E-state index contributed by atoms with van der Waals surface area (Å²) in [5, 5.41) is 9.64. The molecule has 1 fully saturated rings. The molecular weight excluding hydrogens is 318 g/mol. The molecule has 0 bridgehead atoms. The topological polar surface area (TPSA) is 20.0 Å². The van der Waals surface area contributed by atoms with Gasteiger partial charge < -0.3 is 4.90 Å². The van der Waals surface area contributed by atoms with E-state index in [0.717, 1.165) is 32.7 Å². The highest BCUT2D eigenvalue weighted by Crippen LogP contribution is 2.17. The fraction of sp³-hybridized carbons (Fsp3) is 0.261. The van der Waals surface area contributed by atoms with Crippen molar-refractivity contribution < 1.29 is 4.90 Å². The highest BCUT2D eigenvalue weighted by atomic mass is 15.5. The van der Waals surface area contributed by atoms with Gasteiger partial charge in [-0.25, -0.2) is 0 Å². The van der Waals surface area contributed by atoms with Crippen LogP contribution in [0.3, 0.4) is 0 Å². The predicted molar refractivity (Wildman–Crippen MR) is 109 cm³/mol. The summed E-state index contributed by atoms with van der Waals surface area (Å²) in [6, 6.07) is 23.8. The van der Waals surface area contributed by atoms with E-state index in [-0.39, 0.29) is 0 Å². The van der Waals surface area contributed by atoms with Gasteiger partial charge in [0.15, 0.2) is 0 Å². The van der Waals surface area contributed by atoms with Crippen molar-refractivity contribution in [1.82, 2.24) is 5.01 Å². The van der Waals surface area contributed by atoms with Crippen molar-refractivity contribution in [2.45, 2.75) is 13.5 Å². The van der Waals surface area contributed by atoms with E-state index in [0.29, 0.717) is 0 Å². The van der Waals surface area contributed by atoms with Crippen LogP contribution in [0, 0.1) is 6.92 Å². The summed E-state index contributed by atoms with van der Waals surface area (Å²) in [5.74, 6) is 0. The molecule has 0 atom stereocenters. The van der Waals surface area contributed by atoms with Gasteiger partial charge in [0.05, 0.1) is 32.4 Å². The van der Waals surface area contributed by atoms with E-state index in [9.17, 15) is 0 Å². The minimum atomic E-state index is 1.02. The van der Waals surface area contributed by atoms with Crippen LogP contribution in [0.15, 0.2) is 71.8 Å². The monoisotopic (exact) mass is 344 g/mol. The highest BCUT2D eigenvalue weighted by molar-refractivity contribution is 5.85.